The van der Waals surface area contributed by atoms with Crippen molar-refractivity contribution in [3.05, 3.63) is 0 Å². The highest BCUT2D eigenvalue weighted by molar-refractivity contribution is 6.18. The Balaban J connectivity index is 3.43. The monoisotopic (exact) mass is 152 g/mol. The van der Waals surface area contributed by atoms with Crippen LogP contribution in [0.4, 0.5) is 0 Å². The molecule has 0 amide bonds. The molecule has 0 aliphatic rings. The number of hydrogen-bond acceptors (Lipinski definition) is 3. The molecule has 1 N–H and O–H groups in total. The average Bonchev–Trinajstić information content (AvgIpc) is 1.82. The molecule has 0 saturated carbocycles. The number of halogens is 1. The number of aliphatic hydroxyl groups excluding tert-OH is 1. The molecule has 0 aliphatic heterocycles. The minimum Gasteiger partial charge on any atom is -0.459 e. The fourth-order valence-electron chi connectivity index (χ4n) is 0.352. The number of rotatable bonds is 3. The molecule has 1 atom stereocenters. The van der Waals surface area contributed by atoms with Gasteiger partial charge in [-0.1, -0.05) is 0 Å². The van der Waals surface area contributed by atoms with Crippen molar-refractivity contribution in [1.29, 1.82) is 0 Å². The van der Waals surface area contributed by atoms with Crippen LogP contribution in [-0.2, 0) is 9.53 Å². The molecule has 0 spiro atoms. The van der Waals surface area contributed by atoms with Crippen molar-refractivity contribution in [2.45, 2.75) is 13.0 Å². The zero-order chi connectivity index (χ0) is 7.28. The van der Waals surface area contributed by atoms with Crippen molar-refractivity contribution in [2.24, 2.45) is 0 Å². The zero-order valence-electron chi connectivity index (χ0n) is 5.13. The molecule has 0 fully saturated rings. The van der Waals surface area contributed by atoms with Crippen molar-refractivity contribution in [3.63, 3.8) is 0 Å². The smallest absolute Gasteiger partial charge is 0.303 e. The van der Waals surface area contributed by atoms with E-state index in [9.17, 15) is 4.79 Å². The molecule has 0 aromatic rings. The van der Waals surface area contributed by atoms with Crippen LogP contribution in [0, 0.1) is 0 Å². The van der Waals surface area contributed by atoms with Gasteiger partial charge in [-0.3, -0.25) is 4.79 Å². The van der Waals surface area contributed by atoms with Gasteiger partial charge in [0.2, 0.25) is 0 Å². The number of hydrogen-bond donors (Lipinski definition) is 1. The quantitative estimate of drug-likeness (QED) is 0.463. The third-order valence-corrected chi connectivity index (χ3v) is 1.05. The van der Waals surface area contributed by atoms with Crippen molar-refractivity contribution in [2.75, 3.05) is 12.5 Å². The second-order valence-electron chi connectivity index (χ2n) is 1.57. The van der Waals surface area contributed by atoms with Crippen LogP contribution in [0.1, 0.15) is 6.92 Å². The summed E-state index contributed by atoms with van der Waals surface area (Å²) in [5, 5.41) is 8.41. The number of carbonyl (C=O) groups is 1. The van der Waals surface area contributed by atoms with Gasteiger partial charge < -0.3 is 9.84 Å². The molecule has 9 heavy (non-hydrogen) atoms. The molecule has 0 aromatic heterocycles. The van der Waals surface area contributed by atoms with Gasteiger partial charge in [-0.05, 0) is 0 Å². The van der Waals surface area contributed by atoms with Crippen molar-refractivity contribution in [3.8, 4) is 0 Å². The Morgan fingerprint density at radius 3 is 2.56 bits per heavy atom. The summed E-state index contributed by atoms with van der Waals surface area (Å²) in [5.74, 6) is -0.287. The highest BCUT2D eigenvalue weighted by Gasteiger charge is 2.07. The summed E-state index contributed by atoms with van der Waals surface area (Å²) in [6.45, 7) is 1.05. The van der Waals surface area contributed by atoms with Crippen LogP contribution < -0.4 is 0 Å². The summed E-state index contributed by atoms with van der Waals surface area (Å²) < 4.78 is 4.53. The highest BCUT2D eigenvalue weighted by Crippen LogP contribution is 1.93. The van der Waals surface area contributed by atoms with Gasteiger partial charge in [0.15, 0.2) is 0 Å². The van der Waals surface area contributed by atoms with Gasteiger partial charge in [0, 0.05) is 6.92 Å². The second-order valence-corrected chi connectivity index (χ2v) is 1.88. The van der Waals surface area contributed by atoms with Gasteiger partial charge in [-0.2, -0.15) is 0 Å². The maximum atomic E-state index is 10.2. The van der Waals surface area contributed by atoms with Gasteiger partial charge in [0.05, 0.1) is 12.5 Å². The Morgan fingerprint density at radius 1 is 1.89 bits per heavy atom. The fraction of sp³-hybridized carbons (Fsp3) is 0.800. The van der Waals surface area contributed by atoms with Crippen molar-refractivity contribution < 1.29 is 14.6 Å². The first-order valence-electron chi connectivity index (χ1n) is 2.54. The van der Waals surface area contributed by atoms with E-state index in [-0.39, 0.29) is 12.5 Å². The second kappa shape index (κ2) is 4.58. The average molecular weight is 153 g/mol. The minimum absolute atomic E-state index is 0.135. The van der Waals surface area contributed by atoms with Gasteiger partial charge in [0.25, 0.3) is 0 Å². The molecule has 0 unspecified atom stereocenters. The van der Waals surface area contributed by atoms with E-state index in [0.29, 0.717) is 0 Å². The van der Waals surface area contributed by atoms with E-state index >= 15 is 0 Å². The lowest BCUT2D eigenvalue weighted by atomic mass is 10.4. The van der Waals surface area contributed by atoms with Crippen molar-refractivity contribution in [1.82, 2.24) is 0 Å². The first kappa shape index (κ1) is 8.72. The third-order valence-electron chi connectivity index (χ3n) is 0.708. The zero-order valence-corrected chi connectivity index (χ0v) is 5.89. The van der Waals surface area contributed by atoms with Gasteiger partial charge in [0.1, 0.15) is 6.10 Å². The molecule has 3 nitrogen and oxygen atoms in total. The summed E-state index contributed by atoms with van der Waals surface area (Å²) in [5.41, 5.74) is 0. The summed E-state index contributed by atoms with van der Waals surface area (Å²) in [7, 11) is 0. The summed E-state index contributed by atoms with van der Waals surface area (Å²) in [6.07, 6.45) is -0.552. The van der Waals surface area contributed by atoms with Gasteiger partial charge in [-0.25, -0.2) is 0 Å². The Hall–Kier alpha value is -0.280. The lowest BCUT2D eigenvalue weighted by molar-refractivity contribution is -0.147. The maximum Gasteiger partial charge on any atom is 0.303 e. The van der Waals surface area contributed by atoms with E-state index in [1.165, 1.54) is 6.92 Å². The van der Waals surface area contributed by atoms with Crippen LogP contribution in [0.3, 0.4) is 0 Å². The molecular weight excluding hydrogens is 144 g/mol. The molecule has 54 valence electrons. The Bertz CT molecular complexity index is 90.2. The summed E-state index contributed by atoms with van der Waals surface area (Å²) in [4.78, 5) is 10.2. The van der Waals surface area contributed by atoms with E-state index in [1.54, 1.807) is 0 Å². The normalized spacial score (nSPS) is 12.8. The molecule has 0 aliphatic carbocycles. The molecule has 0 bridgehead atoms. The summed E-state index contributed by atoms with van der Waals surface area (Å²) in [6, 6.07) is 0. The van der Waals surface area contributed by atoms with E-state index in [0.717, 1.165) is 0 Å². The molecule has 0 radical (unpaired) electrons. The lowest BCUT2D eigenvalue weighted by Gasteiger charge is -2.09. The van der Waals surface area contributed by atoms with Crippen molar-refractivity contribution >= 4 is 17.6 Å². The van der Waals surface area contributed by atoms with Crippen LogP contribution in [0.15, 0.2) is 0 Å². The number of alkyl halides is 1. The predicted octanol–water partition coefficient (Wildman–Crippen LogP) is 0.149. The Labute approximate surface area is 58.6 Å². The molecule has 0 heterocycles. The van der Waals surface area contributed by atoms with Crippen LogP contribution in [-0.4, -0.2) is 29.7 Å². The topological polar surface area (TPSA) is 46.5 Å². The molecule has 0 saturated heterocycles. The summed E-state index contributed by atoms with van der Waals surface area (Å²) >= 11 is 5.27. The predicted molar refractivity (Wildman–Crippen MR) is 33.4 cm³/mol. The number of esters is 1. The van der Waals surface area contributed by atoms with E-state index in [1.807, 2.05) is 0 Å². The van der Waals surface area contributed by atoms with Crippen LogP contribution >= 0.6 is 11.6 Å². The first-order chi connectivity index (χ1) is 4.20. The van der Waals surface area contributed by atoms with E-state index < -0.39 is 12.1 Å². The van der Waals surface area contributed by atoms with Crippen LogP contribution in [0.2, 0.25) is 0 Å². The number of carbonyl (C=O) groups excluding carboxylic acids is 1. The standard InChI is InChI=1S/C5H9ClO3/c1-4(8)9-5(2-6)3-7/h5,7H,2-3H2,1H3/t5-/m0/s1. The first-order valence-corrected chi connectivity index (χ1v) is 3.08. The van der Waals surface area contributed by atoms with Gasteiger partial charge in [-0.15, -0.1) is 11.6 Å². The maximum absolute atomic E-state index is 10.2. The molecule has 0 rings (SSSR count). The van der Waals surface area contributed by atoms with Crippen LogP contribution in [0.5, 0.6) is 0 Å². The Kier molecular flexibility index (Phi) is 4.44. The Morgan fingerprint density at radius 2 is 2.44 bits per heavy atom. The van der Waals surface area contributed by atoms with Gasteiger partial charge >= 0.3 is 5.97 Å². The molecule has 0 aromatic carbocycles. The molecular formula is C5H9ClO3. The molecule has 4 heteroatoms. The van der Waals surface area contributed by atoms with Crippen LogP contribution in [0.25, 0.3) is 0 Å². The van der Waals surface area contributed by atoms with E-state index in [4.69, 9.17) is 16.7 Å². The SMILES string of the molecule is CC(=O)O[C@H](CO)CCl. The number of ether oxygens (including phenoxy) is 1. The fourth-order valence-corrected chi connectivity index (χ4v) is 0.513. The highest BCUT2D eigenvalue weighted by atomic mass is 35.5. The largest absolute Gasteiger partial charge is 0.459 e. The number of aliphatic hydroxyl groups is 1. The lowest BCUT2D eigenvalue weighted by Crippen LogP contribution is -2.21. The minimum atomic E-state index is -0.552. The third kappa shape index (κ3) is 4.24. The van der Waals surface area contributed by atoms with E-state index in [2.05, 4.69) is 4.74 Å².